The summed E-state index contributed by atoms with van der Waals surface area (Å²) in [4.78, 5) is 22.4. The molecule has 0 bridgehead atoms. The molecule has 1 unspecified atom stereocenters. The van der Waals surface area contributed by atoms with Crippen molar-refractivity contribution in [3.63, 3.8) is 0 Å². The lowest BCUT2D eigenvalue weighted by atomic mass is 9.98. The number of carbonyl (C=O) groups excluding carboxylic acids is 1. The van der Waals surface area contributed by atoms with E-state index >= 15 is 0 Å². The van der Waals surface area contributed by atoms with Gasteiger partial charge in [0, 0.05) is 13.1 Å². The Balaban J connectivity index is 2.15. The van der Waals surface area contributed by atoms with Gasteiger partial charge in [-0.05, 0) is 25.0 Å². The molecule has 23 heavy (non-hydrogen) atoms. The predicted octanol–water partition coefficient (Wildman–Crippen LogP) is 1.34. The Labute approximate surface area is 132 Å². The number of halogens is 1. The molecular formula is C13H16FN3O5S. The van der Waals surface area contributed by atoms with Crippen LogP contribution in [0, 0.1) is 21.8 Å². The first-order valence-electron chi connectivity index (χ1n) is 6.88. The maximum absolute atomic E-state index is 13.1. The van der Waals surface area contributed by atoms with Crippen molar-refractivity contribution in [2.45, 2.75) is 12.8 Å². The number of anilines is 1. The number of rotatable bonds is 4. The number of nitro groups is 1. The molecule has 1 aliphatic heterocycles. The Morgan fingerprint density at radius 2 is 2.17 bits per heavy atom. The highest BCUT2D eigenvalue weighted by Crippen LogP contribution is 2.27. The fraction of sp³-hybridized carbons (Fsp3) is 0.462. The molecule has 1 fully saturated rings. The second-order valence-electron chi connectivity index (χ2n) is 5.37. The molecule has 0 aliphatic carbocycles. The molecule has 0 spiro atoms. The number of nitro benzene ring substituents is 1. The van der Waals surface area contributed by atoms with E-state index < -0.39 is 38.3 Å². The Bertz CT molecular complexity index is 737. The van der Waals surface area contributed by atoms with Crippen molar-refractivity contribution in [1.29, 1.82) is 0 Å². The van der Waals surface area contributed by atoms with Crippen molar-refractivity contribution >= 4 is 27.3 Å². The number of carbonyl (C=O) groups is 1. The Morgan fingerprint density at radius 1 is 1.48 bits per heavy atom. The van der Waals surface area contributed by atoms with Crippen LogP contribution in [-0.2, 0) is 14.8 Å². The van der Waals surface area contributed by atoms with Crippen LogP contribution in [0.5, 0.6) is 0 Å². The summed E-state index contributed by atoms with van der Waals surface area (Å²) in [6.45, 7) is 0.374. The molecule has 1 aromatic rings. The molecule has 1 aromatic carbocycles. The number of piperidine rings is 1. The standard InChI is InChI=1S/C13H16FN3O5S/c1-23(21,22)16-6-2-3-9(8-16)13(18)15-11-5-4-10(14)7-12(11)17(19)20/h4-5,7,9H,2-3,6,8H2,1H3,(H,15,18). The molecule has 1 heterocycles. The number of amides is 1. The van der Waals surface area contributed by atoms with Crippen LogP contribution >= 0.6 is 0 Å². The van der Waals surface area contributed by atoms with Crippen molar-refractivity contribution < 1.29 is 22.5 Å². The smallest absolute Gasteiger partial charge is 0.295 e. The molecular weight excluding hydrogens is 329 g/mol. The van der Waals surface area contributed by atoms with E-state index in [4.69, 9.17) is 0 Å². The summed E-state index contributed by atoms with van der Waals surface area (Å²) in [7, 11) is -3.40. The van der Waals surface area contributed by atoms with Gasteiger partial charge in [0.1, 0.15) is 11.5 Å². The number of sulfonamides is 1. The second-order valence-corrected chi connectivity index (χ2v) is 7.35. The van der Waals surface area contributed by atoms with E-state index in [-0.39, 0.29) is 12.2 Å². The molecule has 0 aromatic heterocycles. The van der Waals surface area contributed by atoms with Crippen molar-refractivity contribution in [3.05, 3.63) is 34.1 Å². The summed E-state index contributed by atoms with van der Waals surface area (Å²) in [5.74, 6) is -1.91. The van der Waals surface area contributed by atoms with Gasteiger partial charge in [0.15, 0.2) is 0 Å². The van der Waals surface area contributed by atoms with Crippen LogP contribution in [-0.4, -0.2) is 42.9 Å². The Kier molecular flexibility index (Phi) is 4.95. The third-order valence-corrected chi connectivity index (χ3v) is 4.91. The van der Waals surface area contributed by atoms with Crippen LogP contribution in [0.15, 0.2) is 18.2 Å². The van der Waals surface area contributed by atoms with Crippen LogP contribution in [0.1, 0.15) is 12.8 Å². The monoisotopic (exact) mass is 345 g/mol. The van der Waals surface area contributed by atoms with E-state index in [1.54, 1.807) is 0 Å². The number of benzene rings is 1. The molecule has 8 nitrogen and oxygen atoms in total. The van der Waals surface area contributed by atoms with E-state index in [9.17, 15) is 27.7 Å². The minimum atomic E-state index is -3.40. The van der Waals surface area contributed by atoms with Gasteiger partial charge >= 0.3 is 0 Å². The van der Waals surface area contributed by atoms with Crippen LogP contribution in [0.25, 0.3) is 0 Å². The lowest BCUT2D eigenvalue weighted by molar-refractivity contribution is -0.384. The molecule has 1 atom stereocenters. The second kappa shape index (κ2) is 6.59. The zero-order valence-electron chi connectivity index (χ0n) is 12.4. The minimum Gasteiger partial charge on any atom is -0.320 e. The van der Waals surface area contributed by atoms with Crippen LogP contribution < -0.4 is 5.32 Å². The fourth-order valence-corrected chi connectivity index (χ4v) is 3.37. The van der Waals surface area contributed by atoms with Crippen molar-refractivity contribution in [2.75, 3.05) is 24.7 Å². The van der Waals surface area contributed by atoms with E-state index in [0.717, 1.165) is 24.5 Å². The summed E-state index contributed by atoms with van der Waals surface area (Å²) in [6.07, 6.45) is 2.07. The molecule has 2 rings (SSSR count). The van der Waals surface area contributed by atoms with Gasteiger partial charge < -0.3 is 5.32 Å². The first-order valence-corrected chi connectivity index (χ1v) is 8.73. The third-order valence-electron chi connectivity index (χ3n) is 3.64. The highest BCUT2D eigenvalue weighted by Gasteiger charge is 2.31. The zero-order valence-corrected chi connectivity index (χ0v) is 13.2. The molecule has 1 N–H and O–H groups in total. The normalized spacial score (nSPS) is 19.3. The first-order chi connectivity index (χ1) is 10.7. The molecule has 1 saturated heterocycles. The van der Waals surface area contributed by atoms with Gasteiger partial charge in [-0.3, -0.25) is 14.9 Å². The van der Waals surface area contributed by atoms with Crippen molar-refractivity contribution in [1.82, 2.24) is 4.31 Å². The summed E-state index contributed by atoms with van der Waals surface area (Å²) < 4.78 is 37.4. The lowest BCUT2D eigenvalue weighted by Gasteiger charge is -2.30. The quantitative estimate of drug-likeness (QED) is 0.654. The zero-order chi connectivity index (χ0) is 17.2. The first kappa shape index (κ1) is 17.3. The van der Waals surface area contributed by atoms with Gasteiger partial charge in [0.2, 0.25) is 15.9 Å². The highest BCUT2D eigenvalue weighted by atomic mass is 32.2. The SMILES string of the molecule is CS(=O)(=O)N1CCCC(C(=O)Nc2ccc(F)cc2[N+](=O)[O-])C1. The largest absolute Gasteiger partial charge is 0.320 e. The minimum absolute atomic E-state index is 0.0274. The van der Waals surface area contributed by atoms with Gasteiger partial charge in [0.05, 0.1) is 23.2 Å². The van der Waals surface area contributed by atoms with E-state index in [0.29, 0.717) is 19.4 Å². The van der Waals surface area contributed by atoms with E-state index in [1.807, 2.05) is 0 Å². The van der Waals surface area contributed by atoms with E-state index in [2.05, 4.69) is 5.32 Å². The topological polar surface area (TPSA) is 110 Å². The van der Waals surface area contributed by atoms with Gasteiger partial charge in [-0.15, -0.1) is 0 Å². The third kappa shape index (κ3) is 4.23. The number of nitrogens with one attached hydrogen (secondary N) is 1. The average molecular weight is 345 g/mol. The number of nitrogens with zero attached hydrogens (tertiary/aromatic N) is 2. The molecule has 10 heteroatoms. The van der Waals surface area contributed by atoms with Gasteiger partial charge in [-0.2, -0.15) is 0 Å². The Morgan fingerprint density at radius 3 is 2.78 bits per heavy atom. The Hall–Kier alpha value is -2.07. The number of hydrogen-bond donors (Lipinski definition) is 1. The lowest BCUT2D eigenvalue weighted by Crippen LogP contribution is -2.43. The van der Waals surface area contributed by atoms with Gasteiger partial charge in [0.25, 0.3) is 5.69 Å². The van der Waals surface area contributed by atoms with Crippen molar-refractivity contribution in [3.8, 4) is 0 Å². The molecule has 0 saturated carbocycles. The summed E-state index contributed by atoms with van der Waals surface area (Å²) in [5, 5.41) is 13.3. The van der Waals surface area contributed by atoms with Crippen molar-refractivity contribution in [2.24, 2.45) is 5.92 Å². The predicted molar refractivity (Wildman–Crippen MR) is 80.8 cm³/mol. The van der Waals surface area contributed by atoms with Gasteiger partial charge in [-0.1, -0.05) is 0 Å². The van der Waals surface area contributed by atoms with Crippen LogP contribution in [0.4, 0.5) is 15.8 Å². The van der Waals surface area contributed by atoms with Gasteiger partial charge in [-0.25, -0.2) is 17.1 Å². The average Bonchev–Trinajstić information content (AvgIpc) is 2.48. The maximum Gasteiger partial charge on any atom is 0.295 e. The van der Waals surface area contributed by atoms with E-state index in [1.165, 1.54) is 4.31 Å². The summed E-state index contributed by atoms with van der Waals surface area (Å²) in [6, 6.07) is 2.84. The van der Waals surface area contributed by atoms with Crippen LogP contribution in [0.3, 0.4) is 0 Å². The molecule has 0 radical (unpaired) electrons. The molecule has 1 aliphatic rings. The highest BCUT2D eigenvalue weighted by molar-refractivity contribution is 7.88. The number of hydrogen-bond acceptors (Lipinski definition) is 5. The van der Waals surface area contributed by atoms with Crippen LogP contribution in [0.2, 0.25) is 0 Å². The molecule has 1 amide bonds. The summed E-state index contributed by atoms with van der Waals surface area (Å²) in [5.41, 5.74) is -0.660. The molecule has 126 valence electrons. The maximum atomic E-state index is 13.1. The fourth-order valence-electron chi connectivity index (χ4n) is 2.45. The summed E-state index contributed by atoms with van der Waals surface area (Å²) >= 11 is 0.